The van der Waals surface area contributed by atoms with E-state index in [1.54, 1.807) is 17.9 Å². The van der Waals surface area contributed by atoms with Crippen LogP contribution >= 0.6 is 0 Å². The lowest BCUT2D eigenvalue weighted by Gasteiger charge is -2.30. The van der Waals surface area contributed by atoms with Crippen molar-refractivity contribution in [3.05, 3.63) is 24.2 Å². The molecule has 7 nitrogen and oxygen atoms in total. The Morgan fingerprint density at radius 1 is 1.39 bits per heavy atom. The largest absolute Gasteiger partial charge is 0.481 e. The summed E-state index contributed by atoms with van der Waals surface area (Å²) in [5, 5.41) is 11.9. The van der Waals surface area contributed by atoms with Gasteiger partial charge in [0.05, 0.1) is 12.2 Å². The van der Waals surface area contributed by atoms with Crippen LogP contribution in [-0.2, 0) is 9.59 Å². The summed E-state index contributed by atoms with van der Waals surface area (Å²) in [5.74, 6) is -2.15. The molecule has 126 valence electrons. The molecule has 1 saturated heterocycles. The van der Waals surface area contributed by atoms with Crippen molar-refractivity contribution in [2.45, 2.75) is 39.3 Å². The number of aliphatic carboxylic acids is 1. The summed E-state index contributed by atoms with van der Waals surface area (Å²) in [6.45, 7) is 5.78. The Morgan fingerprint density at radius 3 is 2.57 bits per heavy atom. The normalized spacial score (nSPS) is 22.2. The molecule has 0 radical (unpaired) electrons. The average Bonchev–Trinajstić information content (AvgIpc) is 3.12. The average molecular weight is 322 g/mol. The molecular weight excluding hydrogens is 300 g/mol. The summed E-state index contributed by atoms with van der Waals surface area (Å²) in [6, 6.07) is 2.02. The lowest BCUT2D eigenvalue weighted by atomic mass is 10.00. The number of hydrogen-bond acceptors (Lipinski definition) is 4. The Morgan fingerprint density at radius 2 is 2.09 bits per heavy atom. The van der Waals surface area contributed by atoms with E-state index in [4.69, 9.17) is 4.42 Å². The van der Waals surface area contributed by atoms with Crippen LogP contribution in [0, 0.1) is 11.8 Å². The minimum Gasteiger partial charge on any atom is -0.481 e. The van der Waals surface area contributed by atoms with Crippen LogP contribution < -0.4 is 5.32 Å². The monoisotopic (exact) mass is 322 g/mol. The molecule has 0 spiro atoms. The van der Waals surface area contributed by atoms with Gasteiger partial charge >= 0.3 is 5.97 Å². The highest BCUT2D eigenvalue weighted by atomic mass is 16.4. The quantitative estimate of drug-likeness (QED) is 0.852. The zero-order valence-electron chi connectivity index (χ0n) is 13.5. The first-order valence-corrected chi connectivity index (χ1v) is 7.70. The summed E-state index contributed by atoms with van der Waals surface area (Å²) in [5.41, 5.74) is 0. The Balaban J connectivity index is 2.10. The first-order chi connectivity index (χ1) is 10.8. The van der Waals surface area contributed by atoms with Crippen LogP contribution in [0.15, 0.2) is 22.8 Å². The molecule has 1 aliphatic heterocycles. The molecule has 3 unspecified atom stereocenters. The molecule has 0 aromatic carbocycles. The van der Waals surface area contributed by atoms with Crippen molar-refractivity contribution >= 4 is 17.8 Å². The van der Waals surface area contributed by atoms with E-state index in [-0.39, 0.29) is 23.6 Å². The van der Waals surface area contributed by atoms with Crippen LogP contribution in [0.4, 0.5) is 0 Å². The number of likely N-dealkylation sites (tertiary alicyclic amines) is 1. The van der Waals surface area contributed by atoms with Crippen molar-refractivity contribution in [3.8, 4) is 0 Å². The van der Waals surface area contributed by atoms with E-state index >= 15 is 0 Å². The number of amides is 2. The Hall–Kier alpha value is -2.31. The summed E-state index contributed by atoms with van der Waals surface area (Å²) < 4.78 is 5.04. The maximum absolute atomic E-state index is 12.8. The van der Waals surface area contributed by atoms with E-state index in [0.29, 0.717) is 13.0 Å². The van der Waals surface area contributed by atoms with Gasteiger partial charge in [-0.25, -0.2) is 0 Å². The smallest absolute Gasteiger partial charge is 0.308 e. The van der Waals surface area contributed by atoms with Gasteiger partial charge in [0.25, 0.3) is 5.91 Å². The second kappa shape index (κ2) is 6.85. The highest BCUT2D eigenvalue weighted by Crippen LogP contribution is 2.26. The van der Waals surface area contributed by atoms with Crippen LogP contribution in [0.1, 0.15) is 37.7 Å². The molecule has 2 rings (SSSR count). The molecule has 0 bridgehead atoms. The Bertz CT molecular complexity index is 581. The van der Waals surface area contributed by atoms with E-state index in [2.05, 4.69) is 5.32 Å². The van der Waals surface area contributed by atoms with E-state index in [9.17, 15) is 19.5 Å². The third-order valence-corrected chi connectivity index (χ3v) is 4.32. The van der Waals surface area contributed by atoms with Crippen LogP contribution in [0.2, 0.25) is 0 Å². The number of carboxylic acid groups (broad SMARTS) is 1. The molecule has 1 aliphatic rings. The molecule has 2 heterocycles. The fraction of sp³-hybridized carbons (Fsp3) is 0.562. The third kappa shape index (κ3) is 3.55. The van der Waals surface area contributed by atoms with Gasteiger partial charge < -0.3 is 19.7 Å². The Labute approximate surface area is 134 Å². The SMILES string of the molecule is CC(C)C(NC(=O)c1ccco1)C(=O)N1CCC(C(=O)O)C1C. The Kier molecular flexibility index (Phi) is 5.08. The lowest BCUT2D eigenvalue weighted by Crippen LogP contribution is -2.52. The van der Waals surface area contributed by atoms with Gasteiger partial charge in [0.2, 0.25) is 5.91 Å². The number of furan rings is 1. The highest BCUT2D eigenvalue weighted by Gasteiger charge is 2.41. The van der Waals surface area contributed by atoms with E-state index in [1.807, 2.05) is 13.8 Å². The van der Waals surface area contributed by atoms with Gasteiger partial charge in [0.15, 0.2) is 5.76 Å². The van der Waals surface area contributed by atoms with Crippen molar-refractivity contribution in [3.63, 3.8) is 0 Å². The highest BCUT2D eigenvalue weighted by molar-refractivity contribution is 5.95. The zero-order chi connectivity index (χ0) is 17.1. The summed E-state index contributed by atoms with van der Waals surface area (Å²) >= 11 is 0. The number of carbonyl (C=O) groups excluding carboxylic acids is 2. The second-order valence-corrected chi connectivity index (χ2v) is 6.18. The summed E-state index contributed by atoms with van der Waals surface area (Å²) in [7, 11) is 0. The molecule has 3 atom stereocenters. The number of carboxylic acids is 1. The molecular formula is C16H22N2O5. The molecule has 0 aliphatic carbocycles. The molecule has 7 heteroatoms. The minimum atomic E-state index is -0.895. The van der Waals surface area contributed by atoms with Gasteiger partial charge in [0, 0.05) is 12.6 Å². The van der Waals surface area contributed by atoms with Gasteiger partial charge in [-0.15, -0.1) is 0 Å². The number of rotatable bonds is 5. The molecule has 0 saturated carbocycles. The number of nitrogens with zero attached hydrogens (tertiary/aromatic N) is 1. The van der Waals surface area contributed by atoms with Crippen LogP contribution in [-0.4, -0.2) is 46.4 Å². The van der Waals surface area contributed by atoms with Crippen molar-refractivity contribution in [2.24, 2.45) is 11.8 Å². The van der Waals surface area contributed by atoms with Gasteiger partial charge in [-0.3, -0.25) is 14.4 Å². The topological polar surface area (TPSA) is 99.9 Å². The number of hydrogen-bond donors (Lipinski definition) is 2. The third-order valence-electron chi connectivity index (χ3n) is 4.32. The van der Waals surface area contributed by atoms with Crippen molar-refractivity contribution in [2.75, 3.05) is 6.54 Å². The van der Waals surface area contributed by atoms with E-state index in [0.717, 1.165) is 0 Å². The number of carbonyl (C=O) groups is 3. The first kappa shape index (κ1) is 17.1. The van der Waals surface area contributed by atoms with E-state index < -0.39 is 23.8 Å². The van der Waals surface area contributed by atoms with Gasteiger partial charge in [-0.2, -0.15) is 0 Å². The van der Waals surface area contributed by atoms with Gasteiger partial charge in [-0.05, 0) is 31.4 Å². The van der Waals surface area contributed by atoms with Crippen LogP contribution in [0.25, 0.3) is 0 Å². The van der Waals surface area contributed by atoms with Gasteiger partial charge in [-0.1, -0.05) is 13.8 Å². The fourth-order valence-electron chi connectivity index (χ4n) is 2.89. The predicted octanol–water partition coefficient (Wildman–Crippen LogP) is 1.36. The molecule has 1 fully saturated rings. The molecule has 2 amide bonds. The van der Waals surface area contributed by atoms with Crippen molar-refractivity contribution in [1.82, 2.24) is 10.2 Å². The van der Waals surface area contributed by atoms with Crippen LogP contribution in [0.3, 0.4) is 0 Å². The van der Waals surface area contributed by atoms with E-state index in [1.165, 1.54) is 12.3 Å². The molecule has 1 aromatic heterocycles. The number of nitrogens with one attached hydrogen (secondary N) is 1. The second-order valence-electron chi connectivity index (χ2n) is 6.18. The standard InChI is InChI=1S/C16H22N2O5/c1-9(2)13(17-14(19)12-5-4-8-23-12)15(20)18-7-6-11(10(18)3)16(21)22/h4-5,8-11,13H,6-7H2,1-3H3,(H,17,19)(H,21,22). The summed E-state index contributed by atoms with van der Waals surface area (Å²) in [4.78, 5) is 37.6. The zero-order valence-corrected chi connectivity index (χ0v) is 13.5. The lowest BCUT2D eigenvalue weighted by molar-refractivity contribution is -0.143. The first-order valence-electron chi connectivity index (χ1n) is 7.70. The molecule has 2 N–H and O–H groups in total. The fourth-order valence-corrected chi connectivity index (χ4v) is 2.89. The van der Waals surface area contributed by atoms with Crippen LogP contribution in [0.5, 0.6) is 0 Å². The van der Waals surface area contributed by atoms with Gasteiger partial charge in [0.1, 0.15) is 6.04 Å². The van der Waals surface area contributed by atoms with Crippen molar-refractivity contribution < 1.29 is 23.9 Å². The minimum absolute atomic E-state index is 0.127. The van der Waals surface area contributed by atoms with Crippen molar-refractivity contribution in [1.29, 1.82) is 0 Å². The maximum Gasteiger partial charge on any atom is 0.308 e. The predicted molar refractivity (Wildman–Crippen MR) is 81.7 cm³/mol. The maximum atomic E-state index is 12.8. The molecule has 1 aromatic rings. The molecule has 23 heavy (non-hydrogen) atoms. The summed E-state index contributed by atoms with van der Waals surface area (Å²) in [6.07, 6.45) is 1.82.